The number of benzene rings is 2. The van der Waals surface area contributed by atoms with Gasteiger partial charge in [0.15, 0.2) is 17.2 Å². The Balaban J connectivity index is 2.22. The van der Waals surface area contributed by atoms with Crippen molar-refractivity contribution in [1.82, 2.24) is 9.69 Å². The average molecular weight is 556 g/mol. The fourth-order valence-corrected chi connectivity index (χ4v) is 4.55. The first kappa shape index (κ1) is 28.9. The number of nitrogens with one attached hydrogen (secondary N) is 1. The number of esters is 1. The van der Waals surface area contributed by atoms with Crippen LogP contribution in [0.25, 0.3) is 0 Å². The Labute approximate surface area is 229 Å². The van der Waals surface area contributed by atoms with Crippen LogP contribution in [0.5, 0.6) is 11.5 Å². The van der Waals surface area contributed by atoms with Gasteiger partial charge in [-0.2, -0.15) is 4.37 Å². The summed E-state index contributed by atoms with van der Waals surface area (Å²) in [6, 6.07) is 10.3. The second kappa shape index (κ2) is 12.7. The maximum absolute atomic E-state index is 14.1. The number of nitrogens with two attached hydrogens (primary N) is 2. The van der Waals surface area contributed by atoms with Crippen LogP contribution in [0.4, 0.5) is 11.4 Å². The van der Waals surface area contributed by atoms with E-state index >= 15 is 0 Å². The van der Waals surface area contributed by atoms with Crippen LogP contribution < -0.4 is 31.2 Å². The predicted octanol–water partition coefficient (Wildman–Crippen LogP) is 2.22. The van der Waals surface area contributed by atoms with Crippen LogP contribution in [0.2, 0.25) is 0 Å². The first-order valence-electron chi connectivity index (χ1n) is 11.7. The van der Waals surface area contributed by atoms with E-state index in [4.69, 9.17) is 25.7 Å². The van der Waals surface area contributed by atoms with Gasteiger partial charge in [0.1, 0.15) is 17.5 Å². The molecule has 0 fully saturated rings. The number of anilines is 2. The Morgan fingerprint density at radius 1 is 1.08 bits per heavy atom. The minimum absolute atomic E-state index is 0.0889. The molecule has 0 radical (unpaired) electrons. The van der Waals surface area contributed by atoms with Gasteiger partial charge in [0, 0.05) is 5.69 Å². The Morgan fingerprint density at radius 3 is 2.38 bits per heavy atom. The maximum atomic E-state index is 14.1. The molecule has 1 heterocycles. The van der Waals surface area contributed by atoms with Crippen molar-refractivity contribution in [2.75, 3.05) is 38.0 Å². The second-order valence-corrected chi connectivity index (χ2v) is 8.97. The quantitative estimate of drug-likeness (QED) is 0.299. The van der Waals surface area contributed by atoms with Crippen LogP contribution in [0.15, 0.2) is 42.5 Å². The molecule has 3 aromatic rings. The Kier molecular flexibility index (Phi) is 9.44. The summed E-state index contributed by atoms with van der Waals surface area (Å²) in [5.41, 5.74) is 12.5. The summed E-state index contributed by atoms with van der Waals surface area (Å²) in [5.74, 6) is -2.24. The Hall–Kier alpha value is -4.65. The maximum Gasteiger partial charge on any atom is 0.325 e. The van der Waals surface area contributed by atoms with Crippen molar-refractivity contribution in [2.24, 2.45) is 5.73 Å². The summed E-state index contributed by atoms with van der Waals surface area (Å²) >= 11 is 0.685. The minimum Gasteiger partial charge on any atom is -0.493 e. The zero-order valence-electron chi connectivity index (χ0n) is 21.8. The molecular weight excluding hydrogens is 526 g/mol. The van der Waals surface area contributed by atoms with Gasteiger partial charge in [-0.3, -0.25) is 24.1 Å². The topological polar surface area (TPSA) is 176 Å². The number of rotatable bonds is 11. The highest BCUT2D eigenvalue weighted by Gasteiger charge is 2.36. The normalized spacial score (nSPS) is 11.3. The van der Waals surface area contributed by atoms with Crippen LogP contribution in [0, 0.1) is 6.92 Å². The third-order valence-electron chi connectivity index (χ3n) is 5.60. The highest BCUT2D eigenvalue weighted by Crippen LogP contribution is 2.36. The molecule has 0 aliphatic heterocycles. The largest absolute Gasteiger partial charge is 0.493 e. The van der Waals surface area contributed by atoms with Gasteiger partial charge in [0.2, 0.25) is 5.91 Å². The lowest BCUT2D eigenvalue weighted by atomic mass is 10.0. The number of carbonyl (C=O) groups is 4. The molecule has 39 heavy (non-hydrogen) atoms. The molecule has 13 heteroatoms. The number of aromatic nitrogens is 1. The fourth-order valence-electron chi connectivity index (χ4n) is 3.81. The molecule has 0 unspecified atom stereocenters. The lowest BCUT2D eigenvalue weighted by Gasteiger charge is -2.31. The number of primary amides is 1. The highest BCUT2D eigenvalue weighted by molar-refractivity contribution is 7.09. The first-order valence-corrected chi connectivity index (χ1v) is 12.5. The molecular formula is C26H29N5O7S. The lowest BCUT2D eigenvalue weighted by Crippen LogP contribution is -2.45. The van der Waals surface area contributed by atoms with Crippen molar-refractivity contribution in [3.8, 4) is 11.5 Å². The van der Waals surface area contributed by atoms with Crippen LogP contribution in [0.1, 0.15) is 44.3 Å². The van der Waals surface area contributed by atoms with Crippen molar-refractivity contribution in [2.45, 2.75) is 19.9 Å². The summed E-state index contributed by atoms with van der Waals surface area (Å²) in [4.78, 5) is 52.7. The Morgan fingerprint density at radius 2 is 1.79 bits per heavy atom. The van der Waals surface area contributed by atoms with E-state index in [9.17, 15) is 19.2 Å². The number of ether oxygens (including phenoxy) is 3. The van der Waals surface area contributed by atoms with E-state index < -0.39 is 36.3 Å². The number of hydrogen-bond donors (Lipinski definition) is 3. The van der Waals surface area contributed by atoms with Crippen molar-refractivity contribution >= 4 is 46.6 Å². The number of carbonyl (C=O) groups excluding carboxylic acids is 4. The Bertz CT molecular complexity index is 1390. The monoisotopic (exact) mass is 555 g/mol. The van der Waals surface area contributed by atoms with Crippen LogP contribution in [0.3, 0.4) is 0 Å². The molecule has 0 bridgehead atoms. The molecule has 0 spiro atoms. The van der Waals surface area contributed by atoms with Gasteiger partial charge in [-0.25, -0.2) is 0 Å². The van der Waals surface area contributed by atoms with Crippen molar-refractivity contribution < 1.29 is 33.4 Å². The molecule has 0 aliphatic carbocycles. The number of nitrogens with zero attached hydrogens (tertiary/aromatic N) is 2. The van der Waals surface area contributed by atoms with Crippen LogP contribution in [-0.4, -0.2) is 55.4 Å². The predicted molar refractivity (Wildman–Crippen MR) is 145 cm³/mol. The molecule has 12 nitrogen and oxygen atoms in total. The van der Waals surface area contributed by atoms with Gasteiger partial charge in [0.25, 0.3) is 11.8 Å². The summed E-state index contributed by atoms with van der Waals surface area (Å²) in [5, 5.41) is 2.54. The zero-order chi connectivity index (χ0) is 28.7. The SMILES string of the molecule is CCOC(=O)CNC(=O)[C@H](c1ccc(OC)c(OC)c1)N(C(=O)c1snc(C(N)=O)c1N)c1cccc(C)c1. The summed E-state index contributed by atoms with van der Waals surface area (Å²) < 4.78 is 19.6. The molecule has 3 amide bonds. The zero-order valence-corrected chi connectivity index (χ0v) is 22.7. The van der Waals surface area contributed by atoms with E-state index in [0.29, 0.717) is 34.3 Å². The van der Waals surface area contributed by atoms with Gasteiger partial charge in [-0.1, -0.05) is 18.2 Å². The van der Waals surface area contributed by atoms with E-state index in [1.807, 2.05) is 13.0 Å². The second-order valence-electron chi connectivity index (χ2n) is 8.19. The number of methoxy groups -OCH3 is 2. The summed E-state index contributed by atoms with van der Waals surface area (Å²) in [6.45, 7) is 3.17. The minimum atomic E-state index is -1.33. The van der Waals surface area contributed by atoms with Crippen LogP contribution >= 0.6 is 11.5 Å². The molecule has 1 atom stereocenters. The number of amides is 3. The lowest BCUT2D eigenvalue weighted by molar-refractivity contribution is -0.143. The molecule has 0 aliphatic rings. The van der Waals surface area contributed by atoms with E-state index in [1.54, 1.807) is 43.3 Å². The number of nitrogen functional groups attached to an aromatic ring is 1. The van der Waals surface area contributed by atoms with E-state index in [2.05, 4.69) is 9.69 Å². The van der Waals surface area contributed by atoms with Gasteiger partial charge in [0.05, 0.1) is 26.5 Å². The van der Waals surface area contributed by atoms with Gasteiger partial charge >= 0.3 is 5.97 Å². The smallest absolute Gasteiger partial charge is 0.325 e. The van der Waals surface area contributed by atoms with Gasteiger partial charge in [-0.15, -0.1) is 0 Å². The van der Waals surface area contributed by atoms with Crippen molar-refractivity contribution in [1.29, 1.82) is 0 Å². The summed E-state index contributed by atoms with van der Waals surface area (Å²) in [7, 11) is 2.90. The van der Waals surface area contributed by atoms with Crippen molar-refractivity contribution in [3.05, 3.63) is 64.2 Å². The average Bonchev–Trinajstić information content (AvgIpc) is 3.31. The molecule has 0 saturated heterocycles. The molecule has 2 aromatic carbocycles. The van der Waals surface area contributed by atoms with E-state index in [0.717, 1.165) is 5.56 Å². The molecule has 0 saturated carbocycles. The molecule has 5 N–H and O–H groups in total. The molecule has 206 valence electrons. The number of hydrogen-bond acceptors (Lipinski definition) is 10. The molecule has 1 aromatic heterocycles. The molecule has 3 rings (SSSR count). The standard InChI is InChI=1S/C26H29N5O7S/c1-5-38-19(32)13-29-25(34)22(15-9-10-17(36-3)18(12-15)37-4)31(16-8-6-7-14(2)11-16)26(35)23-20(27)21(24(28)33)30-39-23/h6-12,22H,5,13,27H2,1-4H3,(H2,28,33)(H,29,34)/t22-/m0/s1. The van der Waals surface area contributed by atoms with Crippen LogP contribution in [-0.2, 0) is 14.3 Å². The third-order valence-corrected chi connectivity index (χ3v) is 6.45. The van der Waals surface area contributed by atoms with Gasteiger partial charge < -0.3 is 31.0 Å². The summed E-state index contributed by atoms with van der Waals surface area (Å²) in [6.07, 6.45) is 0. The third kappa shape index (κ3) is 6.44. The fraction of sp³-hybridized carbons (Fsp3) is 0.269. The van der Waals surface area contributed by atoms with Crippen molar-refractivity contribution in [3.63, 3.8) is 0 Å². The first-order chi connectivity index (χ1) is 18.6. The van der Waals surface area contributed by atoms with Gasteiger partial charge in [-0.05, 0) is 60.8 Å². The highest BCUT2D eigenvalue weighted by atomic mass is 32.1. The van der Waals surface area contributed by atoms with E-state index in [-0.39, 0.29) is 22.9 Å². The van der Waals surface area contributed by atoms with E-state index in [1.165, 1.54) is 19.1 Å². The number of aryl methyl sites for hydroxylation is 1.